The van der Waals surface area contributed by atoms with E-state index in [1.807, 2.05) is 24.1 Å². The summed E-state index contributed by atoms with van der Waals surface area (Å²) in [5, 5.41) is 2.44. The van der Waals surface area contributed by atoms with Gasteiger partial charge >= 0.3 is 6.09 Å². The highest BCUT2D eigenvalue weighted by Crippen LogP contribution is 2.52. The molecule has 1 N–H and O–H groups in total. The van der Waals surface area contributed by atoms with Crippen LogP contribution in [0.2, 0.25) is 0 Å². The van der Waals surface area contributed by atoms with Crippen molar-refractivity contribution in [2.45, 2.75) is 31.8 Å². The fourth-order valence-corrected chi connectivity index (χ4v) is 3.82. The molecule has 2 aliphatic rings. The van der Waals surface area contributed by atoms with Crippen molar-refractivity contribution in [3.05, 3.63) is 23.8 Å². The molecule has 2 heterocycles. The second-order valence-corrected chi connectivity index (χ2v) is 6.18. The first-order valence-electron chi connectivity index (χ1n) is 7.42. The third-order valence-corrected chi connectivity index (χ3v) is 4.89. The minimum Gasteiger partial charge on any atom is -0.410 e. The van der Waals surface area contributed by atoms with Crippen LogP contribution in [-0.4, -0.2) is 43.7 Å². The minimum absolute atomic E-state index is 0.0234. The number of nitrogens with one attached hydrogen (secondary N) is 1. The number of hydrogen-bond acceptors (Lipinski definition) is 4. The highest BCUT2D eigenvalue weighted by molar-refractivity contribution is 5.78. The number of benzene rings is 1. The number of likely N-dealkylation sites (N-methyl/N-ethyl adjacent to an activating group) is 1. The number of likely N-dealkylation sites (tertiary alicyclic amines) is 1. The van der Waals surface area contributed by atoms with Crippen molar-refractivity contribution in [2.75, 3.05) is 25.5 Å². The molecule has 0 bridgehead atoms. The molecule has 1 saturated heterocycles. The van der Waals surface area contributed by atoms with Gasteiger partial charge in [0.25, 0.3) is 0 Å². The molecule has 0 radical (unpaired) electrons. The number of carbonyl (C=O) groups is 2. The van der Waals surface area contributed by atoms with Crippen LogP contribution in [0.5, 0.6) is 5.75 Å². The molecule has 6 nitrogen and oxygen atoms in total. The van der Waals surface area contributed by atoms with Gasteiger partial charge in [0.15, 0.2) is 0 Å². The van der Waals surface area contributed by atoms with Crippen molar-refractivity contribution in [3.8, 4) is 5.75 Å². The van der Waals surface area contributed by atoms with E-state index >= 15 is 0 Å². The normalized spacial score (nSPS) is 25.7. The van der Waals surface area contributed by atoms with Crippen LogP contribution in [0.3, 0.4) is 0 Å². The predicted molar refractivity (Wildman–Crippen MR) is 83.1 cm³/mol. The Morgan fingerprint density at radius 3 is 2.77 bits per heavy atom. The van der Waals surface area contributed by atoms with E-state index in [4.69, 9.17) is 4.74 Å². The largest absolute Gasteiger partial charge is 0.412 e. The summed E-state index contributed by atoms with van der Waals surface area (Å²) >= 11 is 0. The monoisotopic (exact) mass is 303 g/mol. The van der Waals surface area contributed by atoms with Gasteiger partial charge in [0.2, 0.25) is 5.91 Å². The average Bonchev–Trinajstić information content (AvgIpc) is 2.93. The molecule has 1 aromatic carbocycles. The van der Waals surface area contributed by atoms with Gasteiger partial charge in [0, 0.05) is 38.7 Å². The van der Waals surface area contributed by atoms with Crippen LogP contribution in [0.15, 0.2) is 18.2 Å². The molecule has 3 rings (SSSR count). The third kappa shape index (κ3) is 1.94. The van der Waals surface area contributed by atoms with Crippen molar-refractivity contribution >= 4 is 17.7 Å². The maximum absolute atomic E-state index is 11.9. The van der Waals surface area contributed by atoms with Gasteiger partial charge in [-0.15, -0.1) is 0 Å². The molecule has 0 aliphatic carbocycles. The molecule has 1 aromatic rings. The molecule has 0 saturated carbocycles. The number of rotatable bonds is 1. The molecule has 2 unspecified atom stereocenters. The second-order valence-electron chi connectivity index (χ2n) is 6.18. The lowest BCUT2D eigenvalue weighted by molar-refractivity contribution is -0.129. The van der Waals surface area contributed by atoms with Gasteiger partial charge < -0.3 is 19.9 Å². The van der Waals surface area contributed by atoms with E-state index < -0.39 is 6.09 Å². The molecule has 0 spiro atoms. The van der Waals surface area contributed by atoms with E-state index in [1.165, 1.54) is 7.05 Å². The molecule has 0 aromatic heterocycles. The lowest BCUT2D eigenvalue weighted by Gasteiger charge is -2.34. The van der Waals surface area contributed by atoms with Crippen molar-refractivity contribution in [1.29, 1.82) is 0 Å². The maximum atomic E-state index is 11.9. The van der Waals surface area contributed by atoms with Gasteiger partial charge in [-0.3, -0.25) is 4.79 Å². The van der Waals surface area contributed by atoms with Crippen LogP contribution in [0.25, 0.3) is 0 Å². The fraction of sp³-hybridized carbons (Fsp3) is 0.500. The molecule has 2 amide bonds. The molecule has 6 heteroatoms. The van der Waals surface area contributed by atoms with Crippen molar-refractivity contribution in [1.82, 2.24) is 10.2 Å². The molecule has 2 atom stereocenters. The number of hydrogen-bond donors (Lipinski definition) is 1. The zero-order valence-electron chi connectivity index (χ0n) is 13.3. The zero-order chi connectivity index (χ0) is 16.1. The zero-order valence-corrected chi connectivity index (χ0v) is 13.3. The number of ether oxygens (including phenoxy) is 1. The van der Waals surface area contributed by atoms with Gasteiger partial charge in [0.1, 0.15) is 11.9 Å². The standard InChI is InChI=1S/C16H21N3O3/c1-10(20)19-8-7-16(2)12-9-11(22-15(21)17-3)5-6-13(12)18(4)14(16)19/h5-6,9,14H,7-8H2,1-4H3,(H,17,21). The van der Waals surface area contributed by atoms with Crippen LogP contribution in [0, 0.1) is 0 Å². The lowest BCUT2D eigenvalue weighted by atomic mass is 9.81. The highest BCUT2D eigenvalue weighted by atomic mass is 16.5. The van der Waals surface area contributed by atoms with Gasteiger partial charge in [0.05, 0.1) is 0 Å². The Hall–Kier alpha value is -2.24. The summed E-state index contributed by atoms with van der Waals surface area (Å²) in [5.41, 5.74) is 2.07. The molecule has 1 fully saturated rings. The summed E-state index contributed by atoms with van der Waals surface area (Å²) in [5.74, 6) is 0.616. The highest BCUT2D eigenvalue weighted by Gasteiger charge is 2.54. The Morgan fingerprint density at radius 1 is 1.41 bits per heavy atom. The summed E-state index contributed by atoms with van der Waals surface area (Å²) in [6.45, 7) is 4.54. The van der Waals surface area contributed by atoms with Gasteiger partial charge in [-0.05, 0) is 30.2 Å². The number of carbonyl (C=O) groups excluding carboxylic acids is 2. The maximum Gasteiger partial charge on any atom is 0.412 e. The number of amides is 2. The number of fused-ring (bicyclic) bond motifs is 3. The van der Waals surface area contributed by atoms with E-state index in [0.717, 1.165) is 24.2 Å². The Balaban J connectivity index is 2.00. The van der Waals surface area contributed by atoms with Crippen LogP contribution in [-0.2, 0) is 10.2 Å². The average molecular weight is 303 g/mol. The summed E-state index contributed by atoms with van der Waals surface area (Å²) in [7, 11) is 3.54. The Morgan fingerprint density at radius 2 is 2.14 bits per heavy atom. The summed E-state index contributed by atoms with van der Waals surface area (Å²) in [6.07, 6.45) is 0.443. The number of anilines is 1. The second kappa shape index (κ2) is 4.90. The summed E-state index contributed by atoms with van der Waals surface area (Å²) in [4.78, 5) is 27.4. The first kappa shape index (κ1) is 14.7. The van der Waals surface area contributed by atoms with Crippen LogP contribution < -0.4 is 15.0 Å². The van der Waals surface area contributed by atoms with Crippen LogP contribution in [0.4, 0.5) is 10.5 Å². The van der Waals surface area contributed by atoms with Crippen molar-refractivity contribution in [2.24, 2.45) is 0 Å². The van der Waals surface area contributed by atoms with Crippen LogP contribution >= 0.6 is 0 Å². The van der Waals surface area contributed by atoms with Gasteiger partial charge in [-0.1, -0.05) is 6.92 Å². The quantitative estimate of drug-likeness (QED) is 0.857. The topological polar surface area (TPSA) is 61.9 Å². The SMILES string of the molecule is CNC(=O)Oc1ccc2c(c1)C1(C)CCN(C(C)=O)C1N2C. The summed E-state index contributed by atoms with van der Waals surface area (Å²) in [6, 6.07) is 5.66. The molecule has 22 heavy (non-hydrogen) atoms. The Kier molecular flexibility index (Phi) is 3.27. The van der Waals surface area contributed by atoms with Crippen molar-refractivity contribution < 1.29 is 14.3 Å². The third-order valence-electron chi connectivity index (χ3n) is 4.89. The molecule has 118 valence electrons. The van der Waals surface area contributed by atoms with E-state index in [2.05, 4.69) is 17.1 Å². The minimum atomic E-state index is -0.482. The van der Waals surface area contributed by atoms with E-state index in [-0.39, 0.29) is 17.5 Å². The first-order valence-corrected chi connectivity index (χ1v) is 7.42. The van der Waals surface area contributed by atoms with Crippen molar-refractivity contribution in [3.63, 3.8) is 0 Å². The smallest absolute Gasteiger partial charge is 0.410 e. The molecular weight excluding hydrogens is 282 g/mol. The van der Waals surface area contributed by atoms with Gasteiger partial charge in [-0.2, -0.15) is 0 Å². The Bertz CT molecular complexity index is 646. The fourth-order valence-electron chi connectivity index (χ4n) is 3.82. The van der Waals surface area contributed by atoms with E-state index in [0.29, 0.717) is 5.75 Å². The van der Waals surface area contributed by atoms with E-state index in [1.54, 1.807) is 13.0 Å². The first-order chi connectivity index (χ1) is 10.4. The predicted octanol–water partition coefficient (Wildman–Crippen LogP) is 1.69. The molecule has 2 aliphatic heterocycles. The Labute approximate surface area is 130 Å². The van der Waals surface area contributed by atoms with Crippen LogP contribution in [0.1, 0.15) is 25.8 Å². The van der Waals surface area contributed by atoms with Gasteiger partial charge in [-0.25, -0.2) is 4.79 Å². The van der Waals surface area contributed by atoms with E-state index in [9.17, 15) is 9.59 Å². The molecular formula is C16H21N3O3. The summed E-state index contributed by atoms with van der Waals surface area (Å²) < 4.78 is 5.24. The lowest BCUT2D eigenvalue weighted by Crippen LogP contribution is -2.48. The number of nitrogens with zero attached hydrogens (tertiary/aromatic N) is 2.